The van der Waals surface area contributed by atoms with Crippen molar-refractivity contribution < 1.29 is 4.79 Å². The maximum atomic E-state index is 11.2. The smallest absolute Gasteiger partial charge is 0.251 e. The zero-order chi connectivity index (χ0) is 14.5. The molecule has 0 fully saturated rings. The largest absolute Gasteiger partial charge is 0.366 e. The molecule has 2 N–H and O–H groups in total. The summed E-state index contributed by atoms with van der Waals surface area (Å²) in [6.07, 6.45) is 4.35. The van der Waals surface area contributed by atoms with Crippen LogP contribution in [0, 0.1) is 0 Å². The molecule has 1 aliphatic carbocycles. The number of primary amides is 1. The molecule has 1 heterocycles. The van der Waals surface area contributed by atoms with Gasteiger partial charge in [-0.1, -0.05) is 32.9 Å². The van der Waals surface area contributed by atoms with Gasteiger partial charge in [-0.2, -0.15) is 5.10 Å². The number of hydrogen-bond donors (Lipinski definition) is 1. The summed E-state index contributed by atoms with van der Waals surface area (Å²) < 4.78 is 1.76. The third-order valence-corrected chi connectivity index (χ3v) is 4.24. The number of carbonyl (C=O) groups is 1. The Morgan fingerprint density at radius 1 is 1.45 bits per heavy atom. The number of aromatic nitrogens is 2. The van der Waals surface area contributed by atoms with Gasteiger partial charge >= 0.3 is 0 Å². The van der Waals surface area contributed by atoms with Crippen LogP contribution in [0.15, 0.2) is 30.6 Å². The topological polar surface area (TPSA) is 60.9 Å². The summed E-state index contributed by atoms with van der Waals surface area (Å²) in [4.78, 5) is 11.2. The van der Waals surface area contributed by atoms with Crippen LogP contribution < -0.4 is 5.73 Å². The Bertz CT molecular complexity index is 685. The lowest BCUT2D eigenvalue weighted by atomic mass is 9.86. The maximum Gasteiger partial charge on any atom is 0.251 e. The van der Waals surface area contributed by atoms with E-state index < -0.39 is 5.91 Å². The predicted octanol–water partition coefficient (Wildman–Crippen LogP) is 2.76. The second-order valence-corrected chi connectivity index (χ2v) is 6.27. The van der Waals surface area contributed by atoms with Crippen molar-refractivity contribution in [2.24, 2.45) is 5.73 Å². The van der Waals surface area contributed by atoms with Gasteiger partial charge in [-0.15, -0.1) is 0 Å². The van der Waals surface area contributed by atoms with Crippen LogP contribution in [0.3, 0.4) is 0 Å². The number of fused-ring (bicyclic) bond motifs is 1. The molecule has 1 atom stereocenters. The van der Waals surface area contributed by atoms with Gasteiger partial charge < -0.3 is 5.73 Å². The minimum atomic E-state index is -0.447. The maximum absolute atomic E-state index is 11.2. The van der Waals surface area contributed by atoms with Gasteiger partial charge in [0.1, 0.15) is 0 Å². The highest BCUT2D eigenvalue weighted by molar-refractivity contribution is 5.92. The van der Waals surface area contributed by atoms with Crippen molar-refractivity contribution in [3.63, 3.8) is 0 Å². The summed E-state index contributed by atoms with van der Waals surface area (Å²) in [5.41, 5.74) is 9.67. The Kier molecular flexibility index (Phi) is 2.71. The summed E-state index contributed by atoms with van der Waals surface area (Å²) in [6, 6.07) is 6.30. The number of nitrogens with zero attached hydrogens (tertiary/aromatic N) is 2. The molecule has 104 valence electrons. The molecular formula is C16H19N3O. The molecule has 3 rings (SSSR count). The Morgan fingerprint density at radius 2 is 2.20 bits per heavy atom. The van der Waals surface area contributed by atoms with Crippen molar-refractivity contribution in [1.82, 2.24) is 9.78 Å². The van der Waals surface area contributed by atoms with Gasteiger partial charge in [0.2, 0.25) is 0 Å². The van der Waals surface area contributed by atoms with Crippen molar-refractivity contribution in [3.8, 4) is 5.69 Å². The van der Waals surface area contributed by atoms with Gasteiger partial charge in [0.15, 0.2) is 0 Å². The molecule has 0 spiro atoms. The van der Waals surface area contributed by atoms with E-state index in [9.17, 15) is 4.79 Å². The number of nitrogens with two attached hydrogens (primary N) is 1. The highest BCUT2D eigenvalue weighted by atomic mass is 16.1. The summed E-state index contributed by atoms with van der Waals surface area (Å²) in [6.45, 7) is 6.80. The second-order valence-electron chi connectivity index (χ2n) is 6.27. The van der Waals surface area contributed by atoms with Gasteiger partial charge in [-0.05, 0) is 34.9 Å². The van der Waals surface area contributed by atoms with Crippen molar-refractivity contribution >= 4 is 5.91 Å². The molecule has 1 aromatic heterocycles. The van der Waals surface area contributed by atoms with Crippen LogP contribution in [-0.4, -0.2) is 15.7 Å². The highest BCUT2D eigenvalue weighted by Gasteiger charge is 2.36. The molecule has 0 saturated carbocycles. The standard InChI is InChI=1S/C16H19N3O/c1-10-7-16(2,3)12-5-4-6-13(14(10)12)19-9-11(8-18-19)15(17)20/h4-6,8-10H,7H2,1-3H3,(H2,17,20)/t10-/m0/s1. The van der Waals surface area contributed by atoms with Crippen molar-refractivity contribution in [3.05, 3.63) is 47.3 Å². The van der Waals surface area contributed by atoms with Gasteiger partial charge in [-0.3, -0.25) is 4.79 Å². The van der Waals surface area contributed by atoms with Gasteiger partial charge in [0, 0.05) is 6.20 Å². The van der Waals surface area contributed by atoms with E-state index >= 15 is 0 Å². The average Bonchev–Trinajstić information content (AvgIpc) is 2.94. The number of carbonyl (C=O) groups excluding carboxylic acids is 1. The molecule has 0 unspecified atom stereocenters. The van der Waals surface area contributed by atoms with E-state index in [-0.39, 0.29) is 5.41 Å². The Balaban J connectivity index is 2.16. The fourth-order valence-corrected chi connectivity index (χ4v) is 3.42. The van der Waals surface area contributed by atoms with Crippen LogP contribution in [0.4, 0.5) is 0 Å². The van der Waals surface area contributed by atoms with Crippen LogP contribution >= 0.6 is 0 Å². The SMILES string of the molecule is C[C@H]1CC(C)(C)c2cccc(-n3cc(C(N)=O)cn3)c21. The van der Waals surface area contributed by atoms with E-state index in [1.54, 1.807) is 10.9 Å². The van der Waals surface area contributed by atoms with E-state index in [1.165, 1.54) is 17.3 Å². The highest BCUT2D eigenvalue weighted by Crippen LogP contribution is 2.47. The lowest BCUT2D eigenvalue weighted by Gasteiger charge is -2.19. The van der Waals surface area contributed by atoms with Crippen LogP contribution in [0.2, 0.25) is 0 Å². The van der Waals surface area contributed by atoms with Crippen molar-refractivity contribution in [1.29, 1.82) is 0 Å². The van der Waals surface area contributed by atoms with Crippen LogP contribution in [0.25, 0.3) is 5.69 Å². The van der Waals surface area contributed by atoms with E-state index in [0.717, 1.165) is 12.1 Å². The zero-order valence-electron chi connectivity index (χ0n) is 12.1. The minimum absolute atomic E-state index is 0.185. The lowest BCUT2D eigenvalue weighted by molar-refractivity contribution is 0.100. The zero-order valence-corrected chi connectivity index (χ0v) is 12.1. The Labute approximate surface area is 118 Å². The first kappa shape index (κ1) is 12.9. The van der Waals surface area contributed by atoms with Gasteiger partial charge in [0.25, 0.3) is 5.91 Å². The summed E-state index contributed by atoms with van der Waals surface area (Å²) >= 11 is 0. The van der Waals surface area contributed by atoms with Crippen molar-refractivity contribution in [2.75, 3.05) is 0 Å². The van der Waals surface area contributed by atoms with Crippen LogP contribution in [0.5, 0.6) is 0 Å². The second kappa shape index (κ2) is 4.20. The third-order valence-electron chi connectivity index (χ3n) is 4.24. The molecule has 4 nitrogen and oxygen atoms in total. The molecule has 4 heteroatoms. The number of amides is 1. The van der Waals surface area contributed by atoms with E-state index in [4.69, 9.17) is 5.73 Å². The fourth-order valence-electron chi connectivity index (χ4n) is 3.42. The fraction of sp³-hybridized carbons (Fsp3) is 0.375. The molecule has 0 bridgehead atoms. The van der Waals surface area contributed by atoms with E-state index in [1.807, 2.05) is 0 Å². The predicted molar refractivity (Wildman–Crippen MR) is 78.1 cm³/mol. The minimum Gasteiger partial charge on any atom is -0.366 e. The van der Waals surface area contributed by atoms with Crippen LogP contribution in [0.1, 0.15) is 54.6 Å². The molecule has 1 aromatic carbocycles. The van der Waals surface area contributed by atoms with Crippen molar-refractivity contribution in [2.45, 2.75) is 38.5 Å². The number of hydrogen-bond acceptors (Lipinski definition) is 2. The molecular weight excluding hydrogens is 250 g/mol. The normalized spacial score (nSPS) is 19.9. The Hall–Kier alpha value is -2.10. The first-order valence-electron chi connectivity index (χ1n) is 6.88. The lowest BCUT2D eigenvalue weighted by Crippen LogP contribution is -2.12. The van der Waals surface area contributed by atoms with E-state index in [0.29, 0.717) is 11.5 Å². The molecule has 0 aliphatic heterocycles. The number of benzene rings is 1. The molecule has 1 amide bonds. The molecule has 0 radical (unpaired) electrons. The van der Waals surface area contributed by atoms with Crippen LogP contribution in [-0.2, 0) is 5.41 Å². The average molecular weight is 269 g/mol. The first-order valence-corrected chi connectivity index (χ1v) is 6.88. The van der Waals surface area contributed by atoms with E-state index in [2.05, 4.69) is 44.1 Å². The number of rotatable bonds is 2. The monoisotopic (exact) mass is 269 g/mol. The first-order chi connectivity index (χ1) is 9.40. The summed E-state index contributed by atoms with van der Waals surface area (Å²) in [7, 11) is 0. The summed E-state index contributed by atoms with van der Waals surface area (Å²) in [5.74, 6) is 0.0367. The summed E-state index contributed by atoms with van der Waals surface area (Å²) in [5, 5.41) is 4.28. The molecule has 20 heavy (non-hydrogen) atoms. The quantitative estimate of drug-likeness (QED) is 0.911. The molecule has 2 aromatic rings. The van der Waals surface area contributed by atoms with Gasteiger partial charge in [0.05, 0.1) is 17.4 Å². The molecule has 0 saturated heterocycles. The Morgan fingerprint density at radius 3 is 2.85 bits per heavy atom. The van der Waals surface area contributed by atoms with Gasteiger partial charge in [-0.25, -0.2) is 4.68 Å². The third kappa shape index (κ3) is 1.83. The molecule has 1 aliphatic rings.